The average molecular weight is 158 g/mol. The van der Waals surface area contributed by atoms with E-state index in [0.717, 1.165) is 18.2 Å². The second-order valence-electron chi connectivity index (χ2n) is 1.98. The molecule has 0 heterocycles. The first-order valence-corrected chi connectivity index (χ1v) is 2.88. The SMILES string of the molecule is [O-]c1cccc(C(F)F)c1[O-]. The molecule has 1 aromatic carbocycles. The minimum absolute atomic E-state index is 0.725. The molecule has 60 valence electrons. The monoisotopic (exact) mass is 158 g/mol. The van der Waals surface area contributed by atoms with E-state index in [0.29, 0.717) is 0 Å². The third-order valence-corrected chi connectivity index (χ3v) is 1.24. The lowest BCUT2D eigenvalue weighted by Crippen LogP contribution is -2.03. The fraction of sp³-hybridized carbons (Fsp3) is 0.143. The number of hydrogen-bond donors (Lipinski definition) is 0. The minimum atomic E-state index is -2.86. The first-order valence-electron chi connectivity index (χ1n) is 2.88. The van der Waals surface area contributed by atoms with Crippen molar-refractivity contribution < 1.29 is 19.0 Å². The number of para-hydroxylation sites is 1. The Bertz CT molecular complexity index is 261. The lowest BCUT2D eigenvalue weighted by Gasteiger charge is -2.20. The molecule has 11 heavy (non-hydrogen) atoms. The largest absolute Gasteiger partial charge is 0.873 e. The lowest BCUT2D eigenvalue weighted by atomic mass is 10.2. The van der Waals surface area contributed by atoms with Crippen molar-refractivity contribution in [3.8, 4) is 11.5 Å². The van der Waals surface area contributed by atoms with E-state index in [1.807, 2.05) is 0 Å². The van der Waals surface area contributed by atoms with E-state index in [9.17, 15) is 19.0 Å². The van der Waals surface area contributed by atoms with Crippen LogP contribution in [0.15, 0.2) is 18.2 Å². The summed E-state index contributed by atoms with van der Waals surface area (Å²) in [7, 11) is 0. The highest BCUT2D eigenvalue weighted by Gasteiger charge is 2.05. The summed E-state index contributed by atoms with van der Waals surface area (Å²) in [5.41, 5.74) is -0.725. The second-order valence-corrected chi connectivity index (χ2v) is 1.98. The zero-order valence-electron chi connectivity index (χ0n) is 5.38. The molecule has 0 aliphatic heterocycles. The van der Waals surface area contributed by atoms with Gasteiger partial charge < -0.3 is 10.2 Å². The molecule has 0 spiro atoms. The van der Waals surface area contributed by atoms with Crippen LogP contribution in [-0.2, 0) is 0 Å². The molecule has 0 saturated heterocycles. The van der Waals surface area contributed by atoms with Crippen LogP contribution < -0.4 is 10.2 Å². The summed E-state index contributed by atoms with van der Waals surface area (Å²) in [5.74, 6) is -2.00. The van der Waals surface area contributed by atoms with Gasteiger partial charge in [-0.3, -0.25) is 0 Å². The Kier molecular flexibility index (Phi) is 1.94. The maximum Gasteiger partial charge on any atom is 0.263 e. The fourth-order valence-electron chi connectivity index (χ4n) is 0.705. The van der Waals surface area contributed by atoms with Gasteiger partial charge in [0, 0.05) is 5.56 Å². The molecular formula is C7H4F2O2-2. The quantitative estimate of drug-likeness (QED) is 0.606. The number of hydrogen-bond acceptors (Lipinski definition) is 2. The summed E-state index contributed by atoms with van der Waals surface area (Å²) in [4.78, 5) is 0. The predicted octanol–water partition coefficient (Wildman–Crippen LogP) is 0.771. The van der Waals surface area contributed by atoms with Gasteiger partial charge in [0.1, 0.15) is 0 Å². The molecule has 1 aromatic rings. The van der Waals surface area contributed by atoms with E-state index < -0.39 is 23.5 Å². The molecule has 0 bridgehead atoms. The number of halogens is 2. The Labute approximate surface area is 61.7 Å². The third-order valence-electron chi connectivity index (χ3n) is 1.24. The van der Waals surface area contributed by atoms with Gasteiger partial charge in [0.25, 0.3) is 6.43 Å². The van der Waals surface area contributed by atoms with Gasteiger partial charge in [-0.25, -0.2) is 8.78 Å². The highest BCUT2D eigenvalue weighted by Crippen LogP contribution is 2.30. The molecule has 0 fully saturated rings. The van der Waals surface area contributed by atoms with Crippen molar-refractivity contribution in [3.05, 3.63) is 23.8 Å². The van der Waals surface area contributed by atoms with E-state index >= 15 is 0 Å². The average Bonchev–Trinajstić information content (AvgIpc) is 1.94. The maximum absolute atomic E-state index is 11.9. The molecule has 0 aliphatic carbocycles. The van der Waals surface area contributed by atoms with Gasteiger partial charge in [-0.15, -0.1) is 11.5 Å². The predicted molar refractivity (Wildman–Crippen MR) is 30.3 cm³/mol. The van der Waals surface area contributed by atoms with Crippen molar-refractivity contribution >= 4 is 0 Å². The zero-order chi connectivity index (χ0) is 8.43. The van der Waals surface area contributed by atoms with Crippen LogP contribution in [0.1, 0.15) is 12.0 Å². The molecule has 0 amide bonds. The highest BCUT2D eigenvalue weighted by molar-refractivity contribution is 5.42. The number of alkyl halides is 2. The van der Waals surface area contributed by atoms with E-state index in [1.165, 1.54) is 0 Å². The summed E-state index contributed by atoms with van der Waals surface area (Å²) >= 11 is 0. The van der Waals surface area contributed by atoms with E-state index in [1.54, 1.807) is 0 Å². The Morgan fingerprint density at radius 2 is 1.82 bits per heavy atom. The van der Waals surface area contributed by atoms with Crippen molar-refractivity contribution in [2.75, 3.05) is 0 Å². The molecule has 0 atom stereocenters. The van der Waals surface area contributed by atoms with E-state index in [4.69, 9.17) is 0 Å². The van der Waals surface area contributed by atoms with Gasteiger partial charge in [0.2, 0.25) is 0 Å². The summed E-state index contributed by atoms with van der Waals surface area (Å²) in [6.07, 6.45) is -2.86. The molecule has 4 heteroatoms. The minimum Gasteiger partial charge on any atom is -0.873 e. The van der Waals surface area contributed by atoms with Crippen LogP contribution in [0, 0.1) is 0 Å². The van der Waals surface area contributed by atoms with Gasteiger partial charge in [0.05, 0.1) is 0 Å². The lowest BCUT2D eigenvalue weighted by molar-refractivity contribution is -0.318. The topological polar surface area (TPSA) is 46.1 Å². The molecule has 0 N–H and O–H groups in total. The van der Waals surface area contributed by atoms with Crippen LogP contribution in [0.4, 0.5) is 8.78 Å². The summed E-state index contributed by atoms with van der Waals surface area (Å²) in [6.45, 7) is 0. The second kappa shape index (κ2) is 2.74. The van der Waals surface area contributed by atoms with Crippen molar-refractivity contribution in [1.82, 2.24) is 0 Å². The summed E-state index contributed by atoms with van der Waals surface area (Å²) in [6, 6.07) is 3.06. The fourth-order valence-corrected chi connectivity index (χ4v) is 0.705. The smallest absolute Gasteiger partial charge is 0.263 e. The van der Waals surface area contributed by atoms with Crippen LogP contribution >= 0.6 is 0 Å². The molecule has 0 saturated carbocycles. The Hall–Kier alpha value is -1.32. The molecular weight excluding hydrogens is 154 g/mol. The van der Waals surface area contributed by atoms with Gasteiger partial charge in [-0.2, -0.15) is 0 Å². The summed E-state index contributed by atoms with van der Waals surface area (Å²) in [5, 5.41) is 21.1. The van der Waals surface area contributed by atoms with E-state index in [2.05, 4.69) is 0 Å². The normalized spacial score (nSPS) is 10.5. The van der Waals surface area contributed by atoms with Crippen LogP contribution in [0.5, 0.6) is 11.5 Å². The van der Waals surface area contributed by atoms with Crippen LogP contribution in [0.25, 0.3) is 0 Å². The van der Waals surface area contributed by atoms with Crippen LogP contribution in [-0.4, -0.2) is 0 Å². The third kappa shape index (κ3) is 1.39. The van der Waals surface area contributed by atoms with Gasteiger partial charge in [-0.05, 0) is 0 Å². The highest BCUT2D eigenvalue weighted by atomic mass is 19.3. The van der Waals surface area contributed by atoms with Crippen molar-refractivity contribution in [2.45, 2.75) is 6.43 Å². The first kappa shape index (κ1) is 7.78. The van der Waals surface area contributed by atoms with Crippen molar-refractivity contribution in [1.29, 1.82) is 0 Å². The molecule has 0 unspecified atom stereocenters. The van der Waals surface area contributed by atoms with Gasteiger partial charge in [0.15, 0.2) is 0 Å². The Balaban J connectivity index is 3.17. The Morgan fingerprint density at radius 3 is 2.27 bits per heavy atom. The Morgan fingerprint density at radius 1 is 1.18 bits per heavy atom. The zero-order valence-corrected chi connectivity index (χ0v) is 5.38. The van der Waals surface area contributed by atoms with Gasteiger partial charge >= 0.3 is 0 Å². The maximum atomic E-state index is 11.9. The molecule has 2 nitrogen and oxygen atoms in total. The van der Waals surface area contributed by atoms with Crippen LogP contribution in [0.2, 0.25) is 0 Å². The molecule has 0 aliphatic rings. The van der Waals surface area contributed by atoms with Gasteiger partial charge in [-0.1, -0.05) is 18.2 Å². The number of rotatable bonds is 1. The van der Waals surface area contributed by atoms with E-state index in [-0.39, 0.29) is 0 Å². The standard InChI is InChI=1S/C7H6F2O2/c8-7(9)4-2-1-3-5(10)6(4)11/h1-3,7,10-11H/p-2. The van der Waals surface area contributed by atoms with Crippen molar-refractivity contribution in [2.24, 2.45) is 0 Å². The van der Waals surface area contributed by atoms with Crippen LogP contribution in [0.3, 0.4) is 0 Å². The molecule has 0 aromatic heterocycles. The molecule has 0 radical (unpaired) electrons. The van der Waals surface area contributed by atoms with Crippen molar-refractivity contribution in [3.63, 3.8) is 0 Å². The molecule has 1 rings (SSSR count). The summed E-state index contributed by atoms with van der Waals surface area (Å²) < 4.78 is 23.7. The number of benzene rings is 1. The first-order chi connectivity index (χ1) is 5.13.